The molecule has 0 saturated heterocycles. The normalized spacial score (nSPS) is 15.6. The SMILES string of the molecule is Cc1ccc(S(=O)(=O)O)c(CC(C)[C@H](N)C(=O)OCC(C)(C)CC(C)(C)OC(=O)[C@@H](N)C(C)c2cc(C)ccc2S(=O)(=O)O)c1. The Hall–Kier alpha value is -2.88. The van der Waals surface area contributed by atoms with Crippen LogP contribution in [0.25, 0.3) is 0 Å². The smallest absolute Gasteiger partial charge is 0.324 e. The molecule has 0 bridgehead atoms. The van der Waals surface area contributed by atoms with Crippen molar-refractivity contribution >= 4 is 32.2 Å². The molecular formula is C31H46N2O10S2. The van der Waals surface area contributed by atoms with Gasteiger partial charge in [0.1, 0.15) is 17.7 Å². The summed E-state index contributed by atoms with van der Waals surface area (Å²) in [4.78, 5) is 25.4. The van der Waals surface area contributed by atoms with E-state index < -0.39 is 67.1 Å². The quantitative estimate of drug-likeness (QED) is 0.167. The summed E-state index contributed by atoms with van der Waals surface area (Å²) in [6, 6.07) is 6.48. The predicted molar refractivity (Wildman–Crippen MR) is 169 cm³/mol. The lowest BCUT2D eigenvalue weighted by Crippen LogP contribution is -2.44. The van der Waals surface area contributed by atoms with Crippen molar-refractivity contribution in [3.63, 3.8) is 0 Å². The molecule has 2 unspecified atom stereocenters. The van der Waals surface area contributed by atoms with Crippen LogP contribution in [0.4, 0.5) is 0 Å². The topological polar surface area (TPSA) is 213 Å². The minimum Gasteiger partial charge on any atom is -0.464 e. The van der Waals surface area contributed by atoms with Crippen LogP contribution in [0.2, 0.25) is 0 Å². The third kappa shape index (κ3) is 10.9. The number of nitrogens with two attached hydrogens (primary N) is 2. The van der Waals surface area contributed by atoms with Gasteiger partial charge in [-0.2, -0.15) is 16.8 Å². The second-order valence-corrected chi connectivity index (χ2v) is 16.0. The molecule has 0 aromatic heterocycles. The second kappa shape index (κ2) is 14.3. The molecule has 14 heteroatoms. The third-order valence-corrected chi connectivity index (χ3v) is 9.43. The van der Waals surface area contributed by atoms with E-state index in [0.717, 1.165) is 5.56 Å². The van der Waals surface area contributed by atoms with Crippen LogP contribution in [0.5, 0.6) is 0 Å². The van der Waals surface area contributed by atoms with E-state index in [1.165, 1.54) is 18.2 Å². The summed E-state index contributed by atoms with van der Waals surface area (Å²) < 4.78 is 77.9. The number of rotatable bonds is 14. The van der Waals surface area contributed by atoms with Gasteiger partial charge in [-0.05, 0) is 69.7 Å². The molecule has 0 amide bonds. The van der Waals surface area contributed by atoms with Gasteiger partial charge in [-0.25, -0.2) is 0 Å². The zero-order valence-corrected chi connectivity index (χ0v) is 28.7. The Morgan fingerprint density at radius 3 is 1.87 bits per heavy atom. The van der Waals surface area contributed by atoms with Crippen molar-refractivity contribution in [3.8, 4) is 0 Å². The van der Waals surface area contributed by atoms with Gasteiger partial charge in [-0.1, -0.05) is 63.1 Å². The van der Waals surface area contributed by atoms with E-state index in [2.05, 4.69) is 0 Å². The molecule has 0 radical (unpaired) electrons. The van der Waals surface area contributed by atoms with E-state index in [-0.39, 0.29) is 34.8 Å². The zero-order valence-electron chi connectivity index (χ0n) is 27.0. The Kier molecular flexibility index (Phi) is 12.1. The van der Waals surface area contributed by atoms with Crippen molar-refractivity contribution < 1.29 is 45.0 Å². The van der Waals surface area contributed by atoms with Crippen LogP contribution in [0.15, 0.2) is 46.2 Å². The number of carbonyl (C=O) groups is 2. The average Bonchev–Trinajstić information content (AvgIpc) is 2.88. The highest BCUT2D eigenvalue weighted by atomic mass is 32.2. The molecule has 45 heavy (non-hydrogen) atoms. The van der Waals surface area contributed by atoms with Gasteiger partial charge >= 0.3 is 11.9 Å². The predicted octanol–water partition coefficient (Wildman–Crippen LogP) is 3.72. The summed E-state index contributed by atoms with van der Waals surface area (Å²) >= 11 is 0. The molecule has 0 fully saturated rings. The molecular weight excluding hydrogens is 624 g/mol. The van der Waals surface area contributed by atoms with Gasteiger partial charge in [0.2, 0.25) is 0 Å². The molecule has 0 spiro atoms. The molecule has 0 saturated carbocycles. The fourth-order valence-corrected chi connectivity index (χ4v) is 6.92. The average molecular weight is 671 g/mol. The van der Waals surface area contributed by atoms with Gasteiger partial charge < -0.3 is 20.9 Å². The van der Waals surface area contributed by atoms with Crippen LogP contribution >= 0.6 is 0 Å². The Bertz CT molecular complexity index is 1620. The second-order valence-electron chi connectivity index (χ2n) is 13.3. The van der Waals surface area contributed by atoms with E-state index in [0.29, 0.717) is 11.1 Å². The first-order valence-corrected chi connectivity index (χ1v) is 17.3. The minimum atomic E-state index is -4.56. The van der Waals surface area contributed by atoms with E-state index in [9.17, 15) is 35.5 Å². The Morgan fingerprint density at radius 2 is 1.33 bits per heavy atom. The number of ether oxygens (including phenoxy) is 2. The lowest BCUT2D eigenvalue weighted by Gasteiger charge is -2.35. The monoisotopic (exact) mass is 670 g/mol. The van der Waals surface area contributed by atoms with Crippen LogP contribution in [0, 0.1) is 25.2 Å². The van der Waals surface area contributed by atoms with Gasteiger partial charge in [0.25, 0.3) is 20.2 Å². The largest absolute Gasteiger partial charge is 0.464 e. The first kappa shape index (κ1) is 38.3. The highest BCUT2D eigenvalue weighted by molar-refractivity contribution is 7.86. The van der Waals surface area contributed by atoms with Crippen molar-refractivity contribution in [2.45, 2.75) is 102 Å². The summed E-state index contributed by atoms with van der Waals surface area (Å²) in [6.07, 6.45) is 0.346. The van der Waals surface area contributed by atoms with E-state index >= 15 is 0 Å². The summed E-state index contributed by atoms with van der Waals surface area (Å²) in [6.45, 7) is 13.6. The molecule has 4 atom stereocenters. The maximum absolute atomic E-state index is 13.1. The van der Waals surface area contributed by atoms with E-state index in [1.807, 2.05) is 13.8 Å². The molecule has 6 N–H and O–H groups in total. The Morgan fingerprint density at radius 1 is 0.822 bits per heavy atom. The standard InChI is InChI=1S/C31H46N2O10S2/c1-18-9-11-24(44(36,37)38)22(13-18)15-20(3)26(32)28(34)42-17-30(5,6)16-31(7,8)43-29(35)27(33)21(4)23-14-19(2)10-12-25(23)45(39,40)41/h9-14,20-21,26-27H,15-17,32-33H2,1-8H3,(H,36,37,38)(H,39,40,41)/t20?,21?,26-,27-/m0/s1. The van der Waals surface area contributed by atoms with Crippen LogP contribution in [0.3, 0.4) is 0 Å². The number of carbonyl (C=O) groups excluding carboxylic acids is 2. The maximum atomic E-state index is 13.1. The molecule has 0 aliphatic rings. The summed E-state index contributed by atoms with van der Waals surface area (Å²) in [5.74, 6) is -2.82. The minimum absolute atomic E-state index is 0.0720. The number of esters is 2. The van der Waals surface area contributed by atoms with Gasteiger partial charge in [-0.3, -0.25) is 18.7 Å². The summed E-state index contributed by atoms with van der Waals surface area (Å²) in [7, 11) is -9.02. The number of hydrogen-bond acceptors (Lipinski definition) is 10. The first-order chi connectivity index (χ1) is 20.3. The molecule has 0 heterocycles. The third-order valence-electron chi connectivity index (χ3n) is 7.55. The van der Waals surface area contributed by atoms with Crippen molar-refractivity contribution in [1.82, 2.24) is 0 Å². The first-order valence-electron chi connectivity index (χ1n) is 14.4. The van der Waals surface area contributed by atoms with Crippen LogP contribution in [-0.4, -0.2) is 62.2 Å². The highest BCUT2D eigenvalue weighted by Gasteiger charge is 2.37. The maximum Gasteiger partial charge on any atom is 0.324 e. The van der Waals surface area contributed by atoms with E-state index in [1.54, 1.807) is 59.7 Å². The fourth-order valence-electron chi connectivity index (χ4n) is 5.42. The molecule has 0 aliphatic carbocycles. The van der Waals surface area contributed by atoms with Crippen LogP contribution < -0.4 is 11.5 Å². The molecule has 0 aliphatic heterocycles. The lowest BCUT2D eigenvalue weighted by atomic mass is 9.82. The Balaban J connectivity index is 2.05. The van der Waals surface area contributed by atoms with Gasteiger partial charge in [0, 0.05) is 11.3 Å². The van der Waals surface area contributed by atoms with Gasteiger partial charge in [-0.15, -0.1) is 0 Å². The molecule has 2 aromatic carbocycles. The summed E-state index contributed by atoms with van der Waals surface area (Å²) in [5.41, 5.74) is 12.6. The summed E-state index contributed by atoms with van der Waals surface area (Å²) in [5, 5.41) is 0. The molecule has 2 aromatic rings. The van der Waals surface area contributed by atoms with Gasteiger partial charge in [0.05, 0.1) is 16.4 Å². The van der Waals surface area contributed by atoms with Crippen molar-refractivity contribution in [3.05, 3.63) is 58.7 Å². The van der Waals surface area contributed by atoms with Crippen molar-refractivity contribution in [2.24, 2.45) is 22.8 Å². The molecule has 2 rings (SSSR count). The number of benzene rings is 2. The zero-order chi connectivity index (χ0) is 34.7. The van der Waals surface area contributed by atoms with Crippen LogP contribution in [0.1, 0.15) is 76.1 Å². The van der Waals surface area contributed by atoms with Crippen molar-refractivity contribution in [1.29, 1.82) is 0 Å². The van der Waals surface area contributed by atoms with Crippen molar-refractivity contribution in [2.75, 3.05) is 6.61 Å². The van der Waals surface area contributed by atoms with Gasteiger partial charge in [0.15, 0.2) is 0 Å². The lowest BCUT2D eigenvalue weighted by molar-refractivity contribution is -0.164. The highest BCUT2D eigenvalue weighted by Crippen LogP contribution is 2.33. The Labute approximate surface area is 266 Å². The molecule has 252 valence electrons. The molecule has 12 nitrogen and oxygen atoms in total. The van der Waals surface area contributed by atoms with Crippen LogP contribution in [-0.2, 0) is 45.7 Å². The number of hydrogen-bond donors (Lipinski definition) is 4. The number of aryl methyl sites for hydroxylation is 2. The fraction of sp³-hybridized carbons (Fsp3) is 0.548. The van der Waals surface area contributed by atoms with E-state index in [4.69, 9.17) is 20.9 Å².